The second kappa shape index (κ2) is 8.86. The maximum atomic E-state index is 13.1. The third-order valence-corrected chi connectivity index (χ3v) is 6.44. The Morgan fingerprint density at radius 2 is 1.88 bits per heavy atom. The van der Waals surface area contributed by atoms with Gasteiger partial charge in [0.1, 0.15) is 12.4 Å². The molecule has 32 heavy (non-hydrogen) atoms. The highest BCUT2D eigenvalue weighted by Gasteiger charge is 2.34. The molecule has 0 radical (unpaired) electrons. The van der Waals surface area contributed by atoms with E-state index in [1.165, 1.54) is 16.7 Å². The SMILES string of the molecule is O=C1/C(=C\c2cccc(OCc3ccc(Cl)cc3)c2)SC(=S)N1c1ccc2c(c1)OCO2. The summed E-state index contributed by atoms with van der Waals surface area (Å²) in [6.07, 6.45) is 1.82. The summed E-state index contributed by atoms with van der Waals surface area (Å²) in [4.78, 5) is 15.1. The fraction of sp³-hybridized carbons (Fsp3) is 0.0833. The minimum atomic E-state index is -0.175. The molecule has 1 fully saturated rings. The van der Waals surface area contributed by atoms with Crippen LogP contribution >= 0.6 is 35.6 Å². The van der Waals surface area contributed by atoms with Crippen molar-refractivity contribution in [2.75, 3.05) is 11.7 Å². The number of benzene rings is 3. The highest BCUT2D eigenvalue weighted by Crippen LogP contribution is 2.40. The number of amides is 1. The summed E-state index contributed by atoms with van der Waals surface area (Å²) < 4.78 is 17.1. The van der Waals surface area contributed by atoms with E-state index in [0.29, 0.717) is 43.8 Å². The summed E-state index contributed by atoms with van der Waals surface area (Å²) in [5.41, 5.74) is 2.52. The second-order valence-corrected chi connectivity index (χ2v) is 9.15. The minimum absolute atomic E-state index is 0.174. The monoisotopic (exact) mass is 481 g/mol. The zero-order valence-electron chi connectivity index (χ0n) is 16.6. The molecule has 8 heteroatoms. The van der Waals surface area contributed by atoms with Crippen LogP contribution in [0.1, 0.15) is 11.1 Å². The lowest BCUT2D eigenvalue weighted by atomic mass is 10.2. The number of halogens is 1. The Morgan fingerprint density at radius 3 is 2.72 bits per heavy atom. The molecule has 2 heterocycles. The average Bonchev–Trinajstić information content (AvgIpc) is 3.37. The molecule has 160 valence electrons. The van der Waals surface area contributed by atoms with Crippen LogP contribution in [0.3, 0.4) is 0 Å². The van der Waals surface area contributed by atoms with E-state index in [1.54, 1.807) is 18.2 Å². The van der Waals surface area contributed by atoms with E-state index in [1.807, 2.05) is 54.6 Å². The molecule has 5 nitrogen and oxygen atoms in total. The lowest BCUT2D eigenvalue weighted by Crippen LogP contribution is -2.27. The number of thiocarbonyl (C=S) groups is 1. The topological polar surface area (TPSA) is 48.0 Å². The van der Waals surface area contributed by atoms with Crippen LogP contribution in [0.2, 0.25) is 5.02 Å². The number of hydrogen-bond donors (Lipinski definition) is 0. The molecule has 3 aromatic rings. The van der Waals surface area contributed by atoms with Gasteiger partial charge in [-0.1, -0.05) is 59.8 Å². The van der Waals surface area contributed by atoms with Gasteiger partial charge in [-0.2, -0.15) is 0 Å². The van der Waals surface area contributed by atoms with Gasteiger partial charge < -0.3 is 14.2 Å². The Labute approximate surface area is 199 Å². The summed E-state index contributed by atoms with van der Waals surface area (Å²) in [6.45, 7) is 0.598. The third-order valence-electron chi connectivity index (χ3n) is 4.88. The highest BCUT2D eigenvalue weighted by molar-refractivity contribution is 8.27. The van der Waals surface area contributed by atoms with Crippen molar-refractivity contribution in [2.45, 2.75) is 6.61 Å². The van der Waals surface area contributed by atoms with E-state index in [9.17, 15) is 4.79 Å². The molecular weight excluding hydrogens is 466 g/mol. The van der Waals surface area contributed by atoms with Crippen molar-refractivity contribution in [2.24, 2.45) is 0 Å². The standard InChI is InChI=1S/C24H16ClNO4S2/c25-17-6-4-15(5-7-17)13-28-19-3-1-2-16(10-19)11-22-23(27)26(24(31)32-22)18-8-9-20-21(12-18)30-14-29-20/h1-12H,13-14H2/b22-11+. The largest absolute Gasteiger partial charge is 0.489 e. The quantitative estimate of drug-likeness (QED) is 0.326. The highest BCUT2D eigenvalue weighted by atomic mass is 35.5. The molecule has 0 aliphatic carbocycles. The zero-order valence-corrected chi connectivity index (χ0v) is 19.0. The zero-order chi connectivity index (χ0) is 22.1. The van der Waals surface area contributed by atoms with Gasteiger partial charge in [0.05, 0.1) is 10.6 Å². The maximum Gasteiger partial charge on any atom is 0.270 e. The molecule has 0 atom stereocenters. The van der Waals surface area contributed by atoms with Crippen LogP contribution in [0.4, 0.5) is 5.69 Å². The number of rotatable bonds is 5. The van der Waals surface area contributed by atoms with E-state index < -0.39 is 0 Å². The van der Waals surface area contributed by atoms with Crippen LogP contribution in [0.15, 0.2) is 71.6 Å². The summed E-state index contributed by atoms with van der Waals surface area (Å²) >= 11 is 12.7. The van der Waals surface area contributed by atoms with Crippen molar-refractivity contribution in [1.29, 1.82) is 0 Å². The first-order valence-corrected chi connectivity index (χ1v) is 11.3. The number of fused-ring (bicyclic) bond motifs is 1. The third kappa shape index (κ3) is 4.32. The van der Waals surface area contributed by atoms with Gasteiger partial charge in [0, 0.05) is 11.1 Å². The van der Waals surface area contributed by atoms with E-state index in [4.69, 9.17) is 38.0 Å². The van der Waals surface area contributed by atoms with Crippen LogP contribution < -0.4 is 19.1 Å². The fourth-order valence-corrected chi connectivity index (χ4v) is 4.73. The molecule has 3 aromatic carbocycles. The van der Waals surface area contributed by atoms with Gasteiger partial charge in [-0.3, -0.25) is 9.69 Å². The van der Waals surface area contributed by atoms with Gasteiger partial charge >= 0.3 is 0 Å². The van der Waals surface area contributed by atoms with Crippen molar-refractivity contribution in [3.63, 3.8) is 0 Å². The number of carbonyl (C=O) groups excluding carboxylic acids is 1. The summed E-state index contributed by atoms with van der Waals surface area (Å²) in [5.74, 6) is 1.79. The van der Waals surface area contributed by atoms with Crippen LogP contribution in [-0.4, -0.2) is 17.0 Å². The van der Waals surface area contributed by atoms with Gasteiger partial charge in [0.15, 0.2) is 15.8 Å². The number of anilines is 1. The van der Waals surface area contributed by atoms with Crippen molar-refractivity contribution in [3.8, 4) is 17.2 Å². The number of hydrogen-bond acceptors (Lipinski definition) is 6. The molecule has 0 saturated carbocycles. The Bertz CT molecular complexity index is 1240. The Kier molecular flexibility index (Phi) is 5.78. The minimum Gasteiger partial charge on any atom is -0.489 e. The van der Waals surface area contributed by atoms with E-state index in [2.05, 4.69) is 0 Å². The van der Waals surface area contributed by atoms with Crippen LogP contribution in [0, 0.1) is 0 Å². The fourth-order valence-electron chi connectivity index (χ4n) is 3.31. The summed E-state index contributed by atoms with van der Waals surface area (Å²) in [7, 11) is 0. The van der Waals surface area contributed by atoms with Crippen LogP contribution in [0.25, 0.3) is 6.08 Å². The number of ether oxygens (including phenoxy) is 3. The van der Waals surface area contributed by atoms with E-state index in [0.717, 1.165) is 11.1 Å². The molecule has 0 aromatic heterocycles. The molecule has 1 amide bonds. The number of carbonyl (C=O) groups is 1. The van der Waals surface area contributed by atoms with Crippen molar-refractivity contribution in [1.82, 2.24) is 0 Å². The lowest BCUT2D eigenvalue weighted by Gasteiger charge is -2.14. The molecule has 2 aliphatic heterocycles. The second-order valence-electron chi connectivity index (χ2n) is 7.04. The smallest absolute Gasteiger partial charge is 0.270 e. The summed E-state index contributed by atoms with van der Waals surface area (Å²) in [5, 5.41) is 0.689. The molecule has 0 bridgehead atoms. The molecule has 0 unspecified atom stereocenters. The predicted molar refractivity (Wildman–Crippen MR) is 130 cm³/mol. The molecule has 0 spiro atoms. The number of thioether (sulfide) groups is 1. The Balaban J connectivity index is 1.32. The van der Waals surface area contributed by atoms with Crippen LogP contribution in [0.5, 0.6) is 17.2 Å². The van der Waals surface area contributed by atoms with Gasteiger partial charge in [0.25, 0.3) is 5.91 Å². The first kappa shape index (κ1) is 20.9. The van der Waals surface area contributed by atoms with E-state index in [-0.39, 0.29) is 12.7 Å². The van der Waals surface area contributed by atoms with Gasteiger partial charge in [-0.15, -0.1) is 0 Å². The molecule has 1 saturated heterocycles. The van der Waals surface area contributed by atoms with Crippen molar-refractivity contribution in [3.05, 3.63) is 87.8 Å². The maximum absolute atomic E-state index is 13.1. The first-order chi connectivity index (χ1) is 15.6. The first-order valence-electron chi connectivity index (χ1n) is 9.72. The van der Waals surface area contributed by atoms with E-state index >= 15 is 0 Å². The van der Waals surface area contributed by atoms with Gasteiger partial charge in [-0.05, 0) is 53.6 Å². The normalized spacial score (nSPS) is 16.2. The average molecular weight is 482 g/mol. The molecule has 0 N–H and O–H groups in total. The molecule has 2 aliphatic rings. The van der Waals surface area contributed by atoms with Gasteiger partial charge in [0.2, 0.25) is 6.79 Å². The van der Waals surface area contributed by atoms with Crippen molar-refractivity contribution >= 4 is 57.6 Å². The molecular formula is C24H16ClNO4S2. The Hall–Kier alpha value is -3.00. The van der Waals surface area contributed by atoms with Crippen LogP contribution in [-0.2, 0) is 11.4 Å². The Morgan fingerprint density at radius 1 is 1.06 bits per heavy atom. The number of nitrogens with zero attached hydrogens (tertiary/aromatic N) is 1. The van der Waals surface area contributed by atoms with Crippen molar-refractivity contribution < 1.29 is 19.0 Å². The van der Waals surface area contributed by atoms with Gasteiger partial charge in [-0.25, -0.2) is 0 Å². The molecule has 5 rings (SSSR count). The predicted octanol–water partition coefficient (Wildman–Crippen LogP) is 6.05. The lowest BCUT2D eigenvalue weighted by molar-refractivity contribution is -0.113. The summed E-state index contributed by atoms with van der Waals surface area (Å²) in [6, 6.07) is 20.4.